The molecule has 164 valence electrons. The zero-order valence-electron chi connectivity index (χ0n) is 18.7. The Morgan fingerprint density at radius 2 is 1.25 bits per heavy atom. The van der Waals surface area contributed by atoms with Gasteiger partial charge in [0.05, 0.1) is 18.4 Å². The fourth-order valence-electron chi connectivity index (χ4n) is 2.93. The average molecular weight is 400 g/mol. The van der Waals surface area contributed by atoms with E-state index in [0.29, 0.717) is 6.42 Å². The number of amides is 1. The molecule has 4 unspecified atom stereocenters. The second-order valence-corrected chi connectivity index (χ2v) is 7.57. The minimum absolute atomic E-state index is 0.0907. The van der Waals surface area contributed by atoms with Crippen LogP contribution in [0.15, 0.2) is 0 Å². The van der Waals surface area contributed by atoms with Crippen LogP contribution in [0.3, 0.4) is 0 Å². The zero-order chi connectivity index (χ0) is 21.5. The average Bonchev–Trinajstić information content (AvgIpc) is 2.67. The lowest BCUT2D eigenvalue weighted by molar-refractivity contribution is -0.159. The van der Waals surface area contributed by atoms with Crippen LogP contribution in [0, 0.1) is 11.8 Å². The Labute approximate surface area is 171 Å². The molecule has 6 heteroatoms. The molecule has 1 amide bonds. The predicted molar refractivity (Wildman–Crippen MR) is 111 cm³/mol. The summed E-state index contributed by atoms with van der Waals surface area (Å²) >= 11 is 0. The molecule has 0 saturated carbocycles. The third-order valence-electron chi connectivity index (χ3n) is 5.01. The van der Waals surface area contributed by atoms with Crippen LogP contribution in [-0.2, 0) is 23.9 Å². The van der Waals surface area contributed by atoms with Gasteiger partial charge in [-0.15, -0.1) is 0 Å². The van der Waals surface area contributed by atoms with Crippen molar-refractivity contribution in [2.45, 2.75) is 105 Å². The number of unbranched alkanes of at least 4 members (excludes halogenated alkanes) is 2. The maximum absolute atomic E-state index is 12.2. The summed E-state index contributed by atoms with van der Waals surface area (Å²) in [5, 5.41) is 2.70. The van der Waals surface area contributed by atoms with Gasteiger partial charge in [0.25, 0.3) is 5.91 Å². The molecule has 0 aromatic carbocycles. The van der Waals surface area contributed by atoms with Gasteiger partial charge in [-0.2, -0.15) is 0 Å². The predicted octanol–water partition coefficient (Wildman–Crippen LogP) is 4.40. The van der Waals surface area contributed by atoms with E-state index in [2.05, 4.69) is 19.2 Å². The van der Waals surface area contributed by atoms with Crippen LogP contribution in [0.1, 0.15) is 92.9 Å². The van der Waals surface area contributed by atoms with E-state index >= 15 is 0 Å². The number of ether oxygens (including phenoxy) is 2. The minimum Gasteiger partial charge on any atom is -0.461 e. The Balaban J connectivity index is 4.36. The highest BCUT2D eigenvalue weighted by molar-refractivity contribution is 5.84. The Morgan fingerprint density at radius 1 is 0.786 bits per heavy atom. The molecular weight excluding hydrogens is 358 g/mol. The summed E-state index contributed by atoms with van der Waals surface area (Å²) in [6.45, 7) is 11.6. The van der Waals surface area contributed by atoms with Crippen molar-refractivity contribution in [3.63, 3.8) is 0 Å². The van der Waals surface area contributed by atoms with E-state index < -0.39 is 12.2 Å². The summed E-state index contributed by atoms with van der Waals surface area (Å²) in [6.07, 6.45) is 5.81. The van der Waals surface area contributed by atoms with E-state index in [1.807, 2.05) is 13.8 Å². The van der Waals surface area contributed by atoms with Crippen LogP contribution in [0.2, 0.25) is 0 Å². The van der Waals surface area contributed by atoms with Crippen molar-refractivity contribution in [1.29, 1.82) is 0 Å². The molecule has 0 rings (SSSR count). The number of hydrogen-bond acceptors (Lipinski definition) is 5. The van der Waals surface area contributed by atoms with Crippen LogP contribution in [0.4, 0.5) is 0 Å². The molecule has 0 aromatic rings. The van der Waals surface area contributed by atoms with Gasteiger partial charge in [-0.3, -0.25) is 14.4 Å². The molecular formula is C22H41NO5. The molecule has 28 heavy (non-hydrogen) atoms. The second-order valence-electron chi connectivity index (χ2n) is 7.57. The molecule has 0 aliphatic carbocycles. The third-order valence-corrected chi connectivity index (χ3v) is 5.01. The minimum atomic E-state index is -0.862. The van der Waals surface area contributed by atoms with Gasteiger partial charge in [-0.05, 0) is 39.5 Å². The van der Waals surface area contributed by atoms with Crippen molar-refractivity contribution in [2.24, 2.45) is 11.8 Å². The van der Waals surface area contributed by atoms with Crippen molar-refractivity contribution in [3.05, 3.63) is 0 Å². The van der Waals surface area contributed by atoms with Crippen molar-refractivity contribution >= 4 is 17.8 Å². The van der Waals surface area contributed by atoms with Crippen molar-refractivity contribution in [1.82, 2.24) is 5.32 Å². The van der Waals surface area contributed by atoms with Gasteiger partial charge in [0.1, 0.15) is 6.10 Å². The highest BCUT2D eigenvalue weighted by Gasteiger charge is 2.24. The summed E-state index contributed by atoms with van der Waals surface area (Å²) in [5.74, 6) is -1.16. The normalized spacial score (nSPS) is 15.2. The molecule has 0 heterocycles. The number of rotatable bonds is 15. The Hall–Kier alpha value is -1.59. The standard InChI is InChI=1S/C22H41NO5/c1-7-11-13-18(9-3)21(25)27-16(5)15-23-20(24)17(6)28-22(26)19(10-4)14-12-8-2/h16-19H,7-15H2,1-6H3,(H,23,24). The lowest BCUT2D eigenvalue weighted by atomic mass is 10.00. The fraction of sp³-hybridized carbons (Fsp3) is 0.864. The lowest BCUT2D eigenvalue weighted by Gasteiger charge is -2.21. The van der Waals surface area contributed by atoms with Gasteiger partial charge in [0.15, 0.2) is 6.10 Å². The molecule has 0 aliphatic rings. The summed E-state index contributed by atoms with van der Waals surface area (Å²) < 4.78 is 10.8. The van der Waals surface area contributed by atoms with E-state index in [-0.39, 0.29) is 36.2 Å². The first-order valence-electron chi connectivity index (χ1n) is 11.0. The molecule has 0 fully saturated rings. The fourth-order valence-corrected chi connectivity index (χ4v) is 2.93. The van der Waals surface area contributed by atoms with Gasteiger partial charge >= 0.3 is 11.9 Å². The SMILES string of the molecule is CCCCC(CC)C(=O)OC(C)CNC(=O)C(C)OC(=O)C(CC)CCCC. The van der Waals surface area contributed by atoms with Gasteiger partial charge < -0.3 is 14.8 Å². The largest absolute Gasteiger partial charge is 0.461 e. The van der Waals surface area contributed by atoms with Crippen LogP contribution < -0.4 is 5.32 Å². The number of carbonyl (C=O) groups excluding carboxylic acids is 3. The monoisotopic (exact) mass is 399 g/mol. The quantitative estimate of drug-likeness (QED) is 0.413. The first-order chi connectivity index (χ1) is 13.3. The molecule has 0 spiro atoms. The zero-order valence-corrected chi connectivity index (χ0v) is 18.7. The lowest BCUT2D eigenvalue weighted by Crippen LogP contribution is -2.41. The van der Waals surface area contributed by atoms with Crippen LogP contribution in [0.5, 0.6) is 0 Å². The van der Waals surface area contributed by atoms with Crippen molar-refractivity contribution in [2.75, 3.05) is 6.54 Å². The van der Waals surface area contributed by atoms with E-state index in [9.17, 15) is 14.4 Å². The molecule has 0 aliphatic heterocycles. The van der Waals surface area contributed by atoms with E-state index in [4.69, 9.17) is 9.47 Å². The maximum atomic E-state index is 12.2. The number of nitrogens with one attached hydrogen (secondary N) is 1. The third kappa shape index (κ3) is 10.7. The summed E-state index contributed by atoms with van der Waals surface area (Å²) in [4.78, 5) is 36.6. The highest BCUT2D eigenvalue weighted by Crippen LogP contribution is 2.16. The van der Waals surface area contributed by atoms with E-state index in [1.165, 1.54) is 0 Å². The maximum Gasteiger partial charge on any atom is 0.309 e. The first-order valence-corrected chi connectivity index (χ1v) is 11.0. The van der Waals surface area contributed by atoms with E-state index in [0.717, 1.165) is 44.9 Å². The first kappa shape index (κ1) is 26.4. The summed E-state index contributed by atoms with van der Waals surface area (Å²) in [5.41, 5.74) is 0. The molecule has 0 radical (unpaired) electrons. The van der Waals surface area contributed by atoms with Crippen LogP contribution in [-0.4, -0.2) is 36.6 Å². The molecule has 0 saturated heterocycles. The Kier molecular flexibility index (Phi) is 14.5. The summed E-state index contributed by atoms with van der Waals surface area (Å²) in [6, 6.07) is 0. The molecule has 6 nitrogen and oxygen atoms in total. The van der Waals surface area contributed by atoms with Gasteiger partial charge in [-0.1, -0.05) is 53.4 Å². The van der Waals surface area contributed by atoms with Crippen LogP contribution >= 0.6 is 0 Å². The number of carbonyl (C=O) groups is 3. The molecule has 4 atom stereocenters. The van der Waals surface area contributed by atoms with Crippen molar-refractivity contribution in [3.8, 4) is 0 Å². The van der Waals surface area contributed by atoms with E-state index in [1.54, 1.807) is 13.8 Å². The van der Waals surface area contributed by atoms with Crippen molar-refractivity contribution < 1.29 is 23.9 Å². The summed E-state index contributed by atoms with van der Waals surface area (Å²) in [7, 11) is 0. The number of hydrogen-bond donors (Lipinski definition) is 1. The molecule has 0 aromatic heterocycles. The highest BCUT2D eigenvalue weighted by atomic mass is 16.6. The topological polar surface area (TPSA) is 81.7 Å². The Bertz CT molecular complexity index is 466. The Morgan fingerprint density at radius 3 is 1.68 bits per heavy atom. The van der Waals surface area contributed by atoms with Crippen LogP contribution in [0.25, 0.3) is 0 Å². The molecule has 1 N–H and O–H groups in total. The molecule has 0 bridgehead atoms. The smallest absolute Gasteiger partial charge is 0.309 e. The number of esters is 2. The van der Waals surface area contributed by atoms with Gasteiger partial charge in [0.2, 0.25) is 0 Å². The van der Waals surface area contributed by atoms with Gasteiger partial charge in [-0.25, -0.2) is 0 Å². The second kappa shape index (κ2) is 15.3. The van der Waals surface area contributed by atoms with Gasteiger partial charge in [0, 0.05) is 0 Å².